The van der Waals surface area contributed by atoms with Gasteiger partial charge in [0.15, 0.2) is 5.96 Å². The number of benzene rings is 1. The van der Waals surface area contributed by atoms with Crippen molar-refractivity contribution in [3.8, 4) is 5.75 Å². The van der Waals surface area contributed by atoms with E-state index in [1.165, 1.54) is 10.4 Å². The van der Waals surface area contributed by atoms with E-state index < -0.39 is 0 Å². The van der Waals surface area contributed by atoms with Crippen LogP contribution in [0.5, 0.6) is 5.75 Å². The molecule has 1 heterocycles. The highest BCUT2D eigenvalue weighted by Crippen LogP contribution is 2.20. The van der Waals surface area contributed by atoms with Crippen molar-refractivity contribution in [1.29, 1.82) is 0 Å². The molecule has 5 nitrogen and oxygen atoms in total. The molecule has 2 rings (SSSR count). The number of methoxy groups -OCH3 is 1. The molecule has 0 saturated carbocycles. The van der Waals surface area contributed by atoms with E-state index in [4.69, 9.17) is 9.47 Å². The maximum Gasteiger partial charge on any atom is 0.191 e. The van der Waals surface area contributed by atoms with Crippen LogP contribution in [0.15, 0.2) is 40.7 Å². The molecular formula is C21H31N3O2S. The van der Waals surface area contributed by atoms with Crippen LogP contribution in [0, 0.1) is 12.8 Å². The summed E-state index contributed by atoms with van der Waals surface area (Å²) in [6.07, 6.45) is 1.08. The van der Waals surface area contributed by atoms with E-state index in [1.54, 1.807) is 14.2 Å². The number of hydrogen-bond acceptors (Lipinski definition) is 4. The summed E-state index contributed by atoms with van der Waals surface area (Å²) in [5.74, 6) is 2.23. The van der Waals surface area contributed by atoms with Gasteiger partial charge >= 0.3 is 0 Å². The third kappa shape index (κ3) is 7.61. The molecule has 0 aliphatic heterocycles. The van der Waals surface area contributed by atoms with Crippen LogP contribution in [0.2, 0.25) is 0 Å². The smallest absolute Gasteiger partial charge is 0.191 e. The van der Waals surface area contributed by atoms with Gasteiger partial charge in [-0.05, 0) is 42.3 Å². The van der Waals surface area contributed by atoms with E-state index in [-0.39, 0.29) is 0 Å². The Kier molecular flexibility index (Phi) is 9.15. The number of ether oxygens (including phenoxy) is 2. The molecule has 1 unspecified atom stereocenters. The fourth-order valence-electron chi connectivity index (χ4n) is 2.69. The maximum atomic E-state index is 5.86. The lowest BCUT2D eigenvalue weighted by molar-refractivity contribution is 0.145. The van der Waals surface area contributed by atoms with E-state index in [1.807, 2.05) is 11.3 Å². The molecule has 2 aromatic rings. The molecule has 2 N–H and O–H groups in total. The van der Waals surface area contributed by atoms with Crippen molar-refractivity contribution in [1.82, 2.24) is 10.6 Å². The average Bonchev–Trinajstić information content (AvgIpc) is 3.16. The summed E-state index contributed by atoms with van der Waals surface area (Å²) in [7, 11) is 3.47. The highest BCUT2D eigenvalue weighted by atomic mass is 32.1. The molecule has 148 valence electrons. The molecule has 0 saturated heterocycles. The van der Waals surface area contributed by atoms with Crippen LogP contribution < -0.4 is 15.4 Å². The molecule has 0 radical (unpaired) electrons. The normalized spacial score (nSPS) is 12.7. The van der Waals surface area contributed by atoms with Gasteiger partial charge in [-0.25, -0.2) is 0 Å². The largest absolute Gasteiger partial charge is 0.491 e. The first-order valence-corrected chi connectivity index (χ1v) is 10.2. The van der Waals surface area contributed by atoms with Crippen LogP contribution in [-0.2, 0) is 17.7 Å². The monoisotopic (exact) mass is 389 g/mol. The van der Waals surface area contributed by atoms with Gasteiger partial charge in [-0.1, -0.05) is 25.1 Å². The predicted octanol–water partition coefficient (Wildman–Crippen LogP) is 3.63. The number of aryl methyl sites for hydroxylation is 1. The standard InChI is InChI=1S/C21H31N3O2S/c1-16-7-8-18(20(13-16)26-10-9-25-4)15-24-21(22-3)23-14-17(2)12-19-6-5-11-27-19/h5-8,11,13,17H,9-10,12,14-15H2,1-4H3,(H2,22,23,24). The number of hydrogen-bond donors (Lipinski definition) is 2. The number of nitrogens with one attached hydrogen (secondary N) is 2. The van der Waals surface area contributed by atoms with Gasteiger partial charge in [0.2, 0.25) is 0 Å². The third-order valence-electron chi connectivity index (χ3n) is 4.19. The van der Waals surface area contributed by atoms with Crippen LogP contribution in [0.3, 0.4) is 0 Å². The number of nitrogens with zero attached hydrogens (tertiary/aromatic N) is 1. The lowest BCUT2D eigenvalue weighted by Crippen LogP contribution is -2.39. The van der Waals surface area contributed by atoms with Gasteiger partial charge in [-0.3, -0.25) is 4.99 Å². The number of thiophene rings is 1. The second-order valence-electron chi connectivity index (χ2n) is 6.65. The van der Waals surface area contributed by atoms with E-state index in [9.17, 15) is 0 Å². The molecular weight excluding hydrogens is 358 g/mol. The van der Waals surface area contributed by atoms with Gasteiger partial charge in [0.05, 0.1) is 6.61 Å². The summed E-state index contributed by atoms with van der Waals surface area (Å²) in [5, 5.41) is 8.93. The van der Waals surface area contributed by atoms with E-state index in [0.717, 1.165) is 30.2 Å². The Bertz CT molecular complexity index is 701. The van der Waals surface area contributed by atoms with Gasteiger partial charge in [-0.2, -0.15) is 0 Å². The summed E-state index contributed by atoms with van der Waals surface area (Å²) in [6.45, 7) is 6.97. The Morgan fingerprint density at radius 3 is 2.78 bits per heavy atom. The minimum absolute atomic E-state index is 0.537. The highest BCUT2D eigenvalue weighted by Gasteiger charge is 2.08. The topological polar surface area (TPSA) is 54.9 Å². The Morgan fingerprint density at radius 1 is 1.22 bits per heavy atom. The first-order chi connectivity index (χ1) is 13.1. The van der Waals surface area contributed by atoms with Gasteiger partial charge in [0, 0.05) is 37.7 Å². The van der Waals surface area contributed by atoms with Crippen molar-refractivity contribution in [2.24, 2.45) is 10.9 Å². The first-order valence-electron chi connectivity index (χ1n) is 9.30. The molecule has 1 atom stereocenters. The van der Waals surface area contributed by atoms with Gasteiger partial charge in [0.1, 0.15) is 12.4 Å². The molecule has 1 aromatic heterocycles. The maximum absolute atomic E-state index is 5.86. The number of guanidine groups is 1. The lowest BCUT2D eigenvalue weighted by Gasteiger charge is -2.17. The van der Waals surface area contributed by atoms with E-state index in [0.29, 0.717) is 25.7 Å². The van der Waals surface area contributed by atoms with Crippen molar-refractivity contribution in [3.63, 3.8) is 0 Å². The Balaban J connectivity index is 1.84. The Morgan fingerprint density at radius 2 is 2.07 bits per heavy atom. The van der Waals surface area contributed by atoms with Crippen molar-refractivity contribution in [3.05, 3.63) is 51.7 Å². The van der Waals surface area contributed by atoms with Gasteiger partial charge in [-0.15, -0.1) is 11.3 Å². The zero-order valence-corrected chi connectivity index (χ0v) is 17.6. The zero-order valence-electron chi connectivity index (χ0n) is 16.7. The molecule has 0 fully saturated rings. The SMILES string of the molecule is CN=C(NCc1ccc(C)cc1OCCOC)NCC(C)Cc1cccs1. The molecule has 6 heteroatoms. The molecule has 0 spiro atoms. The van der Waals surface area contributed by atoms with Crippen LogP contribution in [0.25, 0.3) is 0 Å². The summed E-state index contributed by atoms with van der Waals surface area (Å²) in [5.41, 5.74) is 2.28. The average molecular weight is 390 g/mol. The fourth-order valence-corrected chi connectivity index (χ4v) is 3.56. The lowest BCUT2D eigenvalue weighted by atomic mass is 10.1. The summed E-state index contributed by atoms with van der Waals surface area (Å²) < 4.78 is 10.9. The van der Waals surface area contributed by atoms with Gasteiger partial charge in [0.25, 0.3) is 0 Å². The molecule has 0 bridgehead atoms. The summed E-state index contributed by atoms with van der Waals surface area (Å²) in [6, 6.07) is 10.5. The minimum atomic E-state index is 0.537. The number of aliphatic imine (C=N–C) groups is 1. The third-order valence-corrected chi connectivity index (χ3v) is 5.08. The molecule has 0 aliphatic rings. The quantitative estimate of drug-likeness (QED) is 0.370. The van der Waals surface area contributed by atoms with Crippen LogP contribution in [0.4, 0.5) is 0 Å². The fraction of sp³-hybridized carbons (Fsp3) is 0.476. The minimum Gasteiger partial charge on any atom is -0.491 e. The molecule has 1 aromatic carbocycles. The second kappa shape index (κ2) is 11.6. The van der Waals surface area contributed by atoms with Crippen molar-refractivity contribution in [2.45, 2.75) is 26.8 Å². The Hall–Kier alpha value is -2.05. The molecule has 0 aliphatic carbocycles. The van der Waals surface area contributed by atoms with Crippen LogP contribution >= 0.6 is 11.3 Å². The molecule has 0 amide bonds. The predicted molar refractivity (Wildman–Crippen MR) is 114 cm³/mol. The van der Waals surface area contributed by atoms with Crippen LogP contribution in [-0.4, -0.2) is 39.9 Å². The number of rotatable bonds is 10. The van der Waals surface area contributed by atoms with E-state index in [2.05, 4.69) is 65.2 Å². The van der Waals surface area contributed by atoms with Crippen LogP contribution in [0.1, 0.15) is 22.9 Å². The van der Waals surface area contributed by atoms with E-state index >= 15 is 0 Å². The highest BCUT2D eigenvalue weighted by molar-refractivity contribution is 7.09. The summed E-state index contributed by atoms with van der Waals surface area (Å²) >= 11 is 1.81. The first kappa shape index (κ1) is 21.3. The van der Waals surface area contributed by atoms with Gasteiger partial charge < -0.3 is 20.1 Å². The molecule has 27 heavy (non-hydrogen) atoms. The zero-order chi connectivity index (χ0) is 19.5. The van der Waals surface area contributed by atoms with Crippen molar-refractivity contribution >= 4 is 17.3 Å². The van der Waals surface area contributed by atoms with Crippen molar-refractivity contribution < 1.29 is 9.47 Å². The summed E-state index contributed by atoms with van der Waals surface area (Å²) in [4.78, 5) is 5.75. The van der Waals surface area contributed by atoms with Crippen molar-refractivity contribution in [2.75, 3.05) is 33.9 Å². The Labute approximate surface area is 166 Å². The second-order valence-corrected chi connectivity index (χ2v) is 7.68.